The fraction of sp³-hybridized carbons (Fsp3) is 0.400. The summed E-state index contributed by atoms with van der Waals surface area (Å²) in [6.07, 6.45) is -8.08. The van der Waals surface area contributed by atoms with Crippen molar-refractivity contribution in [3.05, 3.63) is 53.6 Å². The van der Waals surface area contributed by atoms with Gasteiger partial charge in [-0.2, -0.15) is 26.3 Å². The summed E-state index contributed by atoms with van der Waals surface area (Å²) in [6.45, 7) is 1.70. The van der Waals surface area contributed by atoms with Gasteiger partial charge in [0.1, 0.15) is 6.10 Å². The summed E-state index contributed by atoms with van der Waals surface area (Å²) in [6, 6.07) is 5.38. The Kier molecular flexibility index (Phi) is 18.0. The Morgan fingerprint density at radius 2 is 1.38 bits per heavy atom. The lowest BCUT2D eigenvalue weighted by Gasteiger charge is -2.22. The summed E-state index contributed by atoms with van der Waals surface area (Å²) in [5, 5.41) is 27.8. The number of aromatic nitrogens is 1. The summed E-state index contributed by atoms with van der Waals surface area (Å²) in [7, 11) is 0. The van der Waals surface area contributed by atoms with E-state index in [0.717, 1.165) is 41.3 Å². The van der Waals surface area contributed by atoms with Gasteiger partial charge in [0.2, 0.25) is 11.8 Å². The third-order valence-electron chi connectivity index (χ3n) is 9.41. The molecule has 3 aromatic carbocycles. The zero-order valence-corrected chi connectivity index (χ0v) is 36.7. The Bertz CT molecular complexity index is 2380. The van der Waals surface area contributed by atoms with Crippen LogP contribution in [0, 0.1) is 5.41 Å². The first-order valence-corrected chi connectivity index (χ1v) is 22.3. The number of ether oxygens (including phenoxy) is 1. The second-order valence-electron chi connectivity index (χ2n) is 14.7. The lowest BCUT2D eigenvalue weighted by atomic mass is 10.1. The zero-order valence-electron chi connectivity index (χ0n) is 35.1. The first-order valence-electron chi connectivity index (χ1n) is 20.5. The highest BCUT2D eigenvalue weighted by molar-refractivity contribution is 7.99. The minimum Gasteiger partial charge on any atom is -0.485 e. The number of nitrogens with zero attached hydrogens (tertiary/aromatic N) is 1. The van der Waals surface area contributed by atoms with Crippen molar-refractivity contribution >= 4 is 96.7 Å². The van der Waals surface area contributed by atoms with E-state index < -0.39 is 53.5 Å². The van der Waals surface area contributed by atoms with Crippen LogP contribution in [0.3, 0.4) is 0 Å². The van der Waals surface area contributed by atoms with Crippen LogP contribution in [0.1, 0.15) is 56.1 Å². The number of hydrogen-bond donors (Lipinski definition) is 12. The number of rotatable bonds is 20. The maximum atomic E-state index is 14.2. The zero-order chi connectivity index (χ0) is 48.0. The summed E-state index contributed by atoms with van der Waals surface area (Å²) >= 11 is 1.97. The number of unbranched alkanes of at least 4 members (excludes halogenated alkanes) is 2. The topological polar surface area (TPSA) is 289 Å². The van der Waals surface area contributed by atoms with Crippen molar-refractivity contribution in [3.63, 3.8) is 0 Å². The molecule has 0 radical (unpaired) electrons. The Morgan fingerprint density at radius 3 is 1.98 bits per heavy atom. The van der Waals surface area contributed by atoms with Crippen LogP contribution in [0.5, 0.6) is 5.75 Å². The van der Waals surface area contributed by atoms with Gasteiger partial charge in [-0.1, -0.05) is 11.3 Å². The number of carbonyl (C=O) groups excluding carboxylic acids is 4. The molecule has 15 N–H and O–H groups in total. The molecule has 5 rings (SSSR count). The van der Waals surface area contributed by atoms with Gasteiger partial charge in [-0.15, -0.1) is 11.8 Å². The summed E-state index contributed by atoms with van der Waals surface area (Å²) < 4.78 is 91.2. The van der Waals surface area contributed by atoms with Gasteiger partial charge in [-0.25, -0.2) is 14.6 Å². The number of hydrogen-bond acceptors (Lipinski definition) is 12. The van der Waals surface area contributed by atoms with Gasteiger partial charge in [-0.05, 0) is 87.7 Å². The van der Waals surface area contributed by atoms with Crippen LogP contribution in [0.4, 0.5) is 69.5 Å². The lowest BCUT2D eigenvalue weighted by Crippen LogP contribution is -2.31. The summed E-state index contributed by atoms with van der Waals surface area (Å²) in [5.74, 6) is -1.36. The van der Waals surface area contributed by atoms with Crippen LogP contribution in [0.25, 0.3) is 10.2 Å². The number of thioether (sulfide) groups is 1. The fourth-order valence-electron chi connectivity index (χ4n) is 6.38. The van der Waals surface area contributed by atoms with E-state index in [2.05, 4.69) is 47.5 Å². The van der Waals surface area contributed by atoms with Crippen LogP contribution in [-0.4, -0.2) is 79.4 Å². The van der Waals surface area contributed by atoms with Gasteiger partial charge in [-0.3, -0.25) is 20.3 Å². The molecule has 4 aromatic rings. The highest BCUT2D eigenvalue weighted by atomic mass is 32.2. The molecule has 1 fully saturated rings. The van der Waals surface area contributed by atoms with Gasteiger partial charge in [0.05, 0.1) is 49.0 Å². The quantitative estimate of drug-likeness (QED) is 0.0139. The number of thiazole rings is 1. The average molecular weight is 970 g/mol. The minimum absolute atomic E-state index is 0.00827. The summed E-state index contributed by atoms with van der Waals surface area (Å²) in [4.78, 5) is 56.8. The monoisotopic (exact) mass is 969 g/mol. The number of urea groups is 2. The van der Waals surface area contributed by atoms with Crippen LogP contribution < -0.4 is 64.5 Å². The molecular weight excluding hydrogens is 921 g/mol. The van der Waals surface area contributed by atoms with Gasteiger partial charge < -0.3 is 59.2 Å². The molecule has 0 spiro atoms. The maximum Gasteiger partial charge on any atom is 0.416 e. The Labute approximate surface area is 382 Å². The minimum atomic E-state index is -4.89. The number of halogens is 6. The van der Waals surface area contributed by atoms with E-state index in [4.69, 9.17) is 27.3 Å². The smallest absolute Gasteiger partial charge is 0.416 e. The predicted molar refractivity (Wildman–Crippen MR) is 243 cm³/mol. The van der Waals surface area contributed by atoms with Crippen molar-refractivity contribution in [1.29, 1.82) is 5.41 Å². The number of fused-ring (bicyclic) bond motifs is 1. The normalized spacial score (nSPS) is 13.8. The fourth-order valence-corrected chi connectivity index (χ4v) is 8.13. The maximum absolute atomic E-state index is 14.2. The van der Waals surface area contributed by atoms with Crippen molar-refractivity contribution in [3.8, 4) is 5.75 Å². The second-order valence-corrected chi connectivity index (χ2v) is 16.8. The van der Waals surface area contributed by atoms with Crippen molar-refractivity contribution in [2.24, 2.45) is 17.2 Å². The van der Waals surface area contributed by atoms with E-state index in [-0.39, 0.29) is 75.3 Å². The molecule has 1 aliphatic heterocycles. The molecule has 1 aromatic heterocycles. The van der Waals surface area contributed by atoms with Crippen molar-refractivity contribution in [2.45, 2.75) is 68.3 Å². The lowest BCUT2D eigenvalue weighted by molar-refractivity contribution is -0.138. The number of nitrogens with one attached hydrogen (secondary N) is 9. The predicted octanol–water partition coefficient (Wildman–Crippen LogP) is 7.07. The standard InChI is InChI=1S/C40H49F6N13O5S2/c41-39(42,43)21-15-26(54-31(60)6-2-4-12-52-35(49)50)33(64-24-9-13-51-20-24)27(16-21)56-36(62)53-23-7-8-25-30(19-23)66-38(58-25)59-37(63)57-29-18-22(40(44,45)46)17-28(34(29)65-14-11-48)55-32(61)5-1-3-10-47/h7-8,15-19,24,51H,1-6,9-14,20,47-48H2,(H,54,60)(H,55,61)(H4,49,50,52)(H2,53,56,62)(H2,57,58,59,63). The molecule has 2 heterocycles. The molecule has 0 bridgehead atoms. The molecule has 6 amide bonds. The second kappa shape index (κ2) is 23.4. The number of carbonyl (C=O) groups is 4. The highest BCUT2D eigenvalue weighted by Crippen LogP contribution is 2.43. The first kappa shape index (κ1) is 50.9. The molecule has 1 saturated heterocycles. The summed E-state index contributed by atoms with van der Waals surface area (Å²) in [5.41, 5.74) is 13.5. The van der Waals surface area contributed by atoms with E-state index in [1.165, 1.54) is 18.2 Å². The van der Waals surface area contributed by atoms with Gasteiger partial charge in [0.15, 0.2) is 16.8 Å². The molecule has 0 saturated carbocycles. The van der Waals surface area contributed by atoms with Crippen molar-refractivity contribution in [2.75, 3.05) is 70.4 Å². The van der Waals surface area contributed by atoms with E-state index in [1.807, 2.05) is 0 Å². The molecule has 1 atom stereocenters. The van der Waals surface area contributed by atoms with Gasteiger partial charge in [0, 0.05) is 43.9 Å². The number of anilines is 6. The van der Waals surface area contributed by atoms with Crippen molar-refractivity contribution in [1.82, 2.24) is 15.6 Å². The number of alkyl halides is 6. The van der Waals surface area contributed by atoms with Crippen LogP contribution in [0.2, 0.25) is 0 Å². The Balaban J connectivity index is 1.33. The largest absolute Gasteiger partial charge is 0.485 e. The van der Waals surface area contributed by atoms with Crippen molar-refractivity contribution < 1.29 is 50.3 Å². The molecule has 0 aliphatic carbocycles. The molecular formula is C40H49F6N13O5S2. The Morgan fingerprint density at radius 1 is 0.788 bits per heavy atom. The van der Waals surface area contributed by atoms with Gasteiger partial charge in [0.25, 0.3) is 0 Å². The number of guanidine groups is 1. The first-order chi connectivity index (χ1) is 31.3. The number of benzene rings is 3. The Hall–Kier alpha value is -6.09. The highest BCUT2D eigenvalue weighted by Gasteiger charge is 2.35. The molecule has 358 valence electrons. The van der Waals surface area contributed by atoms with E-state index in [1.54, 1.807) is 0 Å². The molecule has 1 aliphatic rings. The number of amides is 6. The third-order valence-corrected chi connectivity index (χ3v) is 11.5. The van der Waals surface area contributed by atoms with Crippen LogP contribution >= 0.6 is 23.1 Å². The molecule has 26 heteroatoms. The average Bonchev–Trinajstić information content (AvgIpc) is 3.90. The molecule has 66 heavy (non-hydrogen) atoms. The SMILES string of the molecule is N=C(N)NCCCCC(=O)Nc1cc(C(F)(F)F)cc(NC(=O)Nc2ccc3nc(NC(=O)Nc4cc(C(F)(F)F)cc(NC(=O)CCCCN)c4SCCN)sc3c2)c1OC1CCNC1. The van der Waals surface area contributed by atoms with Gasteiger partial charge >= 0.3 is 24.4 Å². The molecule has 18 nitrogen and oxygen atoms in total. The van der Waals surface area contributed by atoms with E-state index in [9.17, 15) is 45.5 Å². The number of nitrogens with two attached hydrogens (primary N) is 3. The van der Waals surface area contributed by atoms with E-state index in [0.29, 0.717) is 74.6 Å². The third kappa shape index (κ3) is 15.2. The van der Waals surface area contributed by atoms with E-state index >= 15 is 0 Å². The van der Waals surface area contributed by atoms with Crippen LogP contribution in [0.15, 0.2) is 47.4 Å². The van der Waals surface area contributed by atoms with Crippen LogP contribution in [-0.2, 0) is 21.9 Å². The molecule has 1 unspecified atom stereocenters.